The Morgan fingerprint density at radius 1 is 1.09 bits per heavy atom. The second-order valence-electron chi connectivity index (χ2n) is 5.52. The monoisotopic (exact) mass is 324 g/mol. The average molecular weight is 324 g/mol. The van der Waals surface area contributed by atoms with Crippen LogP contribution < -0.4 is 5.43 Å². The molecular formula is C19H16O3S. The van der Waals surface area contributed by atoms with Crippen molar-refractivity contribution in [1.29, 1.82) is 0 Å². The zero-order valence-electron chi connectivity index (χ0n) is 12.7. The Hall–Kier alpha value is -2.46. The molecule has 1 aromatic heterocycles. The summed E-state index contributed by atoms with van der Waals surface area (Å²) in [5.41, 5.74) is 0.972. The van der Waals surface area contributed by atoms with Crippen molar-refractivity contribution in [2.45, 2.75) is 19.3 Å². The van der Waals surface area contributed by atoms with Crippen molar-refractivity contribution >= 4 is 27.2 Å². The highest BCUT2D eigenvalue weighted by molar-refractivity contribution is 7.20. The van der Waals surface area contributed by atoms with Gasteiger partial charge in [-0.1, -0.05) is 53.8 Å². The first kappa shape index (κ1) is 15.4. The summed E-state index contributed by atoms with van der Waals surface area (Å²) in [6.07, 6.45) is 0.192. The van der Waals surface area contributed by atoms with Crippen LogP contribution in [-0.2, 0) is 4.79 Å². The van der Waals surface area contributed by atoms with Gasteiger partial charge < -0.3 is 5.11 Å². The molecule has 3 nitrogen and oxygen atoms in total. The third kappa shape index (κ3) is 3.03. The van der Waals surface area contributed by atoms with E-state index in [4.69, 9.17) is 0 Å². The van der Waals surface area contributed by atoms with E-state index < -0.39 is 5.92 Å². The Morgan fingerprint density at radius 2 is 1.74 bits per heavy atom. The first-order valence-electron chi connectivity index (χ1n) is 7.37. The highest BCUT2D eigenvalue weighted by Gasteiger charge is 2.24. The van der Waals surface area contributed by atoms with Crippen LogP contribution in [0.4, 0.5) is 0 Å². The van der Waals surface area contributed by atoms with Gasteiger partial charge in [-0.25, -0.2) is 0 Å². The quantitative estimate of drug-likeness (QED) is 0.787. The van der Waals surface area contributed by atoms with Gasteiger partial charge in [0.15, 0.2) is 10.5 Å². The number of fused-ring (bicyclic) bond motifs is 1. The molecule has 116 valence electrons. The molecule has 1 N–H and O–H groups in total. The second kappa shape index (κ2) is 6.34. The summed E-state index contributed by atoms with van der Waals surface area (Å²) in [5.74, 6) is -0.446. The second-order valence-corrected chi connectivity index (χ2v) is 6.55. The van der Waals surface area contributed by atoms with Crippen molar-refractivity contribution in [3.63, 3.8) is 0 Å². The lowest BCUT2D eigenvalue weighted by molar-refractivity contribution is -0.117. The molecule has 23 heavy (non-hydrogen) atoms. The Balaban J connectivity index is 2.26. The van der Waals surface area contributed by atoms with E-state index in [1.807, 2.05) is 42.5 Å². The van der Waals surface area contributed by atoms with E-state index in [2.05, 4.69) is 0 Å². The van der Waals surface area contributed by atoms with Crippen LogP contribution in [0.3, 0.4) is 0 Å². The van der Waals surface area contributed by atoms with E-state index in [9.17, 15) is 14.7 Å². The third-order valence-corrected chi connectivity index (χ3v) is 4.84. The maximum absolute atomic E-state index is 12.9. The minimum atomic E-state index is -0.429. The predicted octanol–water partition coefficient (Wildman–Crippen LogP) is 4.08. The molecule has 0 saturated heterocycles. The first-order valence-corrected chi connectivity index (χ1v) is 8.18. The van der Waals surface area contributed by atoms with E-state index in [0.717, 1.165) is 10.3 Å². The van der Waals surface area contributed by atoms with Crippen LogP contribution in [0.5, 0.6) is 5.06 Å². The average Bonchev–Trinajstić information content (AvgIpc) is 2.54. The Bertz CT molecular complexity index is 913. The van der Waals surface area contributed by atoms with Crippen molar-refractivity contribution in [2.75, 3.05) is 0 Å². The van der Waals surface area contributed by atoms with Crippen LogP contribution in [-0.4, -0.2) is 10.9 Å². The molecule has 2 aromatic carbocycles. The van der Waals surface area contributed by atoms with Crippen LogP contribution in [0.2, 0.25) is 0 Å². The maximum Gasteiger partial charge on any atom is 0.195 e. The van der Waals surface area contributed by atoms with Crippen LogP contribution >= 0.6 is 11.3 Å². The van der Waals surface area contributed by atoms with Crippen molar-refractivity contribution in [1.82, 2.24) is 0 Å². The molecular weight excluding hydrogens is 308 g/mol. The maximum atomic E-state index is 12.9. The van der Waals surface area contributed by atoms with E-state index in [-0.39, 0.29) is 22.7 Å². The number of hydrogen-bond acceptors (Lipinski definition) is 4. The molecule has 0 aliphatic rings. The van der Waals surface area contributed by atoms with Crippen molar-refractivity contribution in [3.05, 3.63) is 75.9 Å². The molecule has 0 amide bonds. The molecule has 0 aliphatic heterocycles. The number of hydrogen-bond donors (Lipinski definition) is 1. The van der Waals surface area contributed by atoms with Crippen LogP contribution in [0.25, 0.3) is 10.1 Å². The van der Waals surface area contributed by atoms with E-state index in [1.54, 1.807) is 12.1 Å². The zero-order valence-corrected chi connectivity index (χ0v) is 13.5. The minimum Gasteiger partial charge on any atom is -0.499 e. The zero-order chi connectivity index (χ0) is 16.4. The summed E-state index contributed by atoms with van der Waals surface area (Å²) in [6.45, 7) is 1.50. The molecule has 1 atom stereocenters. The fourth-order valence-electron chi connectivity index (χ4n) is 2.81. The molecule has 1 unspecified atom stereocenters. The van der Waals surface area contributed by atoms with Gasteiger partial charge in [0.05, 0.1) is 5.56 Å². The van der Waals surface area contributed by atoms with Crippen LogP contribution in [0.15, 0.2) is 59.4 Å². The molecule has 0 bridgehead atoms. The number of benzene rings is 2. The van der Waals surface area contributed by atoms with E-state index >= 15 is 0 Å². The number of aromatic hydroxyl groups is 1. The SMILES string of the molecule is CC(=O)CC(c1ccccc1)c1c(O)sc2ccccc2c1=O. The topological polar surface area (TPSA) is 54.4 Å². The van der Waals surface area contributed by atoms with Gasteiger partial charge in [0.2, 0.25) is 0 Å². The molecule has 3 aromatic rings. The third-order valence-electron chi connectivity index (χ3n) is 3.86. The Morgan fingerprint density at radius 3 is 2.43 bits per heavy atom. The molecule has 0 spiro atoms. The van der Waals surface area contributed by atoms with Crippen molar-refractivity contribution in [3.8, 4) is 5.06 Å². The predicted molar refractivity (Wildman–Crippen MR) is 93.3 cm³/mol. The molecule has 0 fully saturated rings. The van der Waals surface area contributed by atoms with Gasteiger partial charge in [0.25, 0.3) is 0 Å². The summed E-state index contributed by atoms with van der Waals surface area (Å²) < 4.78 is 0.744. The van der Waals surface area contributed by atoms with Gasteiger partial charge in [-0.3, -0.25) is 9.59 Å². The fourth-order valence-corrected chi connectivity index (χ4v) is 3.78. The summed E-state index contributed by atoms with van der Waals surface area (Å²) >= 11 is 1.18. The van der Waals surface area contributed by atoms with Gasteiger partial charge in [-0.15, -0.1) is 0 Å². The molecule has 0 aliphatic carbocycles. The number of carbonyl (C=O) groups excluding carboxylic acids is 1. The Kier molecular flexibility index (Phi) is 4.26. The standard InChI is InChI=1S/C19H16O3S/c1-12(20)11-15(13-7-3-2-4-8-13)17-18(21)14-9-5-6-10-16(14)23-19(17)22/h2-10,15,22H,11H2,1H3. The van der Waals surface area contributed by atoms with Gasteiger partial charge in [-0.2, -0.15) is 0 Å². The van der Waals surface area contributed by atoms with Crippen molar-refractivity contribution < 1.29 is 9.90 Å². The number of rotatable bonds is 4. The molecule has 1 heterocycles. The lowest BCUT2D eigenvalue weighted by atomic mass is 9.88. The number of carbonyl (C=O) groups is 1. The summed E-state index contributed by atoms with van der Waals surface area (Å²) in [5, 5.41) is 11.0. The van der Waals surface area contributed by atoms with E-state index in [1.165, 1.54) is 18.3 Å². The largest absolute Gasteiger partial charge is 0.499 e. The first-order chi connectivity index (χ1) is 11.1. The number of Topliss-reactive ketones (excluding diaryl/α,β-unsaturated/α-hetero) is 1. The van der Waals surface area contributed by atoms with Crippen LogP contribution in [0.1, 0.15) is 30.4 Å². The summed E-state index contributed by atoms with van der Waals surface area (Å²) in [7, 11) is 0. The summed E-state index contributed by atoms with van der Waals surface area (Å²) in [6, 6.07) is 16.6. The molecule has 0 saturated carbocycles. The smallest absolute Gasteiger partial charge is 0.195 e. The summed E-state index contributed by atoms with van der Waals surface area (Å²) in [4.78, 5) is 24.6. The minimum absolute atomic E-state index is 0.0104. The fraction of sp³-hybridized carbons (Fsp3) is 0.158. The lowest BCUT2D eigenvalue weighted by Gasteiger charge is -2.17. The number of ketones is 1. The van der Waals surface area contributed by atoms with Gasteiger partial charge >= 0.3 is 0 Å². The van der Waals surface area contributed by atoms with Gasteiger partial charge in [-0.05, 0) is 24.6 Å². The lowest BCUT2D eigenvalue weighted by Crippen LogP contribution is -2.16. The Labute approximate surface area is 137 Å². The molecule has 4 heteroatoms. The van der Waals surface area contributed by atoms with Crippen molar-refractivity contribution in [2.24, 2.45) is 0 Å². The molecule has 3 rings (SSSR count). The molecule has 0 radical (unpaired) electrons. The normalized spacial score (nSPS) is 12.2. The van der Waals surface area contributed by atoms with E-state index in [0.29, 0.717) is 10.9 Å². The highest BCUT2D eigenvalue weighted by atomic mass is 32.1. The highest BCUT2D eigenvalue weighted by Crippen LogP contribution is 2.36. The van der Waals surface area contributed by atoms with Gasteiger partial charge in [0, 0.05) is 22.4 Å². The van der Waals surface area contributed by atoms with Gasteiger partial charge in [0.1, 0.15) is 5.78 Å². The van der Waals surface area contributed by atoms with Crippen LogP contribution in [0, 0.1) is 0 Å².